The highest BCUT2D eigenvalue weighted by Crippen LogP contribution is 2.37. The number of ether oxygens (including phenoxy) is 2. The zero-order valence-electron chi connectivity index (χ0n) is 18.0. The molecule has 0 aliphatic heterocycles. The molecule has 3 atom stereocenters. The van der Waals surface area contributed by atoms with Crippen LogP contribution >= 0.6 is 0 Å². The highest BCUT2D eigenvalue weighted by Gasteiger charge is 2.35. The molecule has 168 valence electrons. The average molecular weight is 431 g/mol. The van der Waals surface area contributed by atoms with E-state index >= 15 is 0 Å². The van der Waals surface area contributed by atoms with E-state index in [2.05, 4.69) is 20.5 Å². The molecule has 1 saturated carbocycles. The number of anilines is 1. The summed E-state index contributed by atoms with van der Waals surface area (Å²) in [7, 11) is 3.11. The second kappa shape index (κ2) is 10.3. The van der Waals surface area contributed by atoms with Crippen molar-refractivity contribution in [2.24, 2.45) is 0 Å². The Balaban J connectivity index is 1.56. The predicted molar refractivity (Wildman–Crippen MR) is 113 cm³/mol. The summed E-state index contributed by atoms with van der Waals surface area (Å²) in [6.07, 6.45) is 3.17. The van der Waals surface area contributed by atoms with Crippen molar-refractivity contribution in [3.8, 4) is 5.88 Å². The molecule has 3 N–H and O–H groups in total. The molecule has 31 heavy (non-hydrogen) atoms. The van der Waals surface area contributed by atoms with E-state index in [1.54, 1.807) is 25.4 Å². The number of H-pyrrole nitrogens is 1. The number of aromatic amines is 1. The smallest absolute Gasteiger partial charge is 0.407 e. The summed E-state index contributed by atoms with van der Waals surface area (Å²) < 4.78 is 10.1. The van der Waals surface area contributed by atoms with Crippen molar-refractivity contribution < 1.29 is 24.2 Å². The number of methoxy groups -OCH3 is 2. The maximum Gasteiger partial charge on any atom is 0.407 e. The summed E-state index contributed by atoms with van der Waals surface area (Å²) in [5.41, 5.74) is 1.67. The number of carbonyl (C=O) groups excluding carboxylic acids is 1. The number of amides is 2. The number of hydrogen-bond acceptors (Lipinski definition) is 6. The quantitative estimate of drug-likeness (QED) is 0.556. The zero-order valence-corrected chi connectivity index (χ0v) is 18.0. The first-order valence-electron chi connectivity index (χ1n) is 10.3. The molecule has 3 rings (SSSR count). The summed E-state index contributed by atoms with van der Waals surface area (Å²) in [6, 6.07) is 5.03. The van der Waals surface area contributed by atoms with E-state index in [1.165, 1.54) is 12.0 Å². The molecule has 10 heteroatoms. The van der Waals surface area contributed by atoms with Crippen molar-refractivity contribution in [1.82, 2.24) is 20.1 Å². The zero-order chi connectivity index (χ0) is 22.4. The molecule has 0 unspecified atom stereocenters. The van der Waals surface area contributed by atoms with Crippen LogP contribution in [0.5, 0.6) is 5.88 Å². The molecule has 0 spiro atoms. The van der Waals surface area contributed by atoms with Crippen LogP contribution in [0.15, 0.2) is 24.4 Å². The lowest BCUT2D eigenvalue weighted by Crippen LogP contribution is -2.46. The van der Waals surface area contributed by atoms with Crippen LogP contribution in [0.1, 0.15) is 43.4 Å². The van der Waals surface area contributed by atoms with Crippen LogP contribution in [0.3, 0.4) is 0 Å². The predicted octanol–water partition coefficient (Wildman–Crippen LogP) is 2.65. The Bertz CT molecular complexity index is 885. The van der Waals surface area contributed by atoms with Crippen molar-refractivity contribution in [2.75, 3.05) is 26.1 Å². The minimum absolute atomic E-state index is 0.0726. The standard InChI is InChI=1S/C21H29N5O5/c1-13(12-30-2)26(21(28)29)16-6-5-15(9-16)17-10-18(25-24-17)23-19(27)8-14-4-7-20(31-3)22-11-14/h4,7,10-11,13,15-16H,5-6,8-9,12H2,1-3H3,(H,28,29)(H2,23,24,25,27)/t13-,15-,16+/m0/s1. The van der Waals surface area contributed by atoms with Gasteiger partial charge in [-0.1, -0.05) is 6.07 Å². The first-order valence-corrected chi connectivity index (χ1v) is 10.3. The molecule has 2 aromatic rings. The van der Waals surface area contributed by atoms with Gasteiger partial charge in [0.15, 0.2) is 5.82 Å². The first-order chi connectivity index (χ1) is 14.9. The summed E-state index contributed by atoms with van der Waals surface area (Å²) in [5, 5.41) is 19.6. The monoisotopic (exact) mass is 431 g/mol. The summed E-state index contributed by atoms with van der Waals surface area (Å²) >= 11 is 0. The molecule has 2 aromatic heterocycles. The van der Waals surface area contributed by atoms with Crippen LogP contribution in [0.25, 0.3) is 0 Å². The number of carboxylic acid groups (broad SMARTS) is 1. The minimum atomic E-state index is -0.930. The number of pyridine rings is 1. The van der Waals surface area contributed by atoms with Gasteiger partial charge in [-0.15, -0.1) is 0 Å². The Morgan fingerprint density at radius 3 is 2.81 bits per heavy atom. The molecule has 1 fully saturated rings. The summed E-state index contributed by atoms with van der Waals surface area (Å²) in [6.45, 7) is 2.21. The van der Waals surface area contributed by atoms with Gasteiger partial charge in [0.2, 0.25) is 11.8 Å². The molecule has 1 aliphatic rings. The molecular weight excluding hydrogens is 402 g/mol. The van der Waals surface area contributed by atoms with Crippen molar-refractivity contribution in [3.63, 3.8) is 0 Å². The van der Waals surface area contributed by atoms with E-state index < -0.39 is 6.09 Å². The van der Waals surface area contributed by atoms with Gasteiger partial charge in [-0.2, -0.15) is 5.10 Å². The molecule has 0 bridgehead atoms. The third kappa shape index (κ3) is 5.72. The lowest BCUT2D eigenvalue weighted by molar-refractivity contribution is -0.115. The van der Waals surface area contributed by atoms with Crippen molar-refractivity contribution >= 4 is 17.8 Å². The van der Waals surface area contributed by atoms with Gasteiger partial charge in [-0.25, -0.2) is 9.78 Å². The maximum absolute atomic E-state index is 12.3. The second-order valence-corrected chi connectivity index (χ2v) is 7.80. The lowest BCUT2D eigenvalue weighted by Gasteiger charge is -2.31. The number of nitrogens with zero attached hydrogens (tertiary/aromatic N) is 3. The first kappa shape index (κ1) is 22.5. The van der Waals surface area contributed by atoms with Crippen molar-refractivity contribution in [1.29, 1.82) is 0 Å². The maximum atomic E-state index is 12.3. The molecule has 0 radical (unpaired) electrons. The van der Waals surface area contributed by atoms with Gasteiger partial charge in [0.25, 0.3) is 0 Å². The van der Waals surface area contributed by atoms with Crippen LogP contribution in [0, 0.1) is 0 Å². The van der Waals surface area contributed by atoms with Crippen LogP contribution in [0.2, 0.25) is 0 Å². The van der Waals surface area contributed by atoms with Crippen molar-refractivity contribution in [3.05, 3.63) is 35.7 Å². The topological polar surface area (TPSA) is 130 Å². The van der Waals surface area contributed by atoms with E-state index in [0.29, 0.717) is 24.7 Å². The Morgan fingerprint density at radius 2 is 2.16 bits per heavy atom. The molecule has 2 amide bonds. The highest BCUT2D eigenvalue weighted by molar-refractivity contribution is 5.91. The van der Waals surface area contributed by atoms with Gasteiger partial charge < -0.3 is 24.8 Å². The van der Waals surface area contributed by atoms with Gasteiger partial charge in [0.1, 0.15) is 0 Å². The van der Waals surface area contributed by atoms with Crippen LogP contribution in [0.4, 0.5) is 10.6 Å². The molecule has 0 saturated heterocycles. The summed E-state index contributed by atoms with van der Waals surface area (Å²) in [4.78, 5) is 29.6. The molecule has 0 aromatic carbocycles. The van der Waals surface area contributed by atoms with Gasteiger partial charge >= 0.3 is 6.09 Å². The van der Waals surface area contributed by atoms with E-state index in [0.717, 1.165) is 24.1 Å². The van der Waals surface area contributed by atoms with Gasteiger partial charge in [0, 0.05) is 43.1 Å². The highest BCUT2D eigenvalue weighted by atomic mass is 16.5. The van der Waals surface area contributed by atoms with Crippen LogP contribution < -0.4 is 10.1 Å². The third-order valence-electron chi connectivity index (χ3n) is 5.58. The van der Waals surface area contributed by atoms with Gasteiger partial charge in [0.05, 0.1) is 26.2 Å². The minimum Gasteiger partial charge on any atom is -0.481 e. The number of aromatic nitrogens is 3. The second-order valence-electron chi connectivity index (χ2n) is 7.80. The van der Waals surface area contributed by atoms with E-state index in [4.69, 9.17) is 9.47 Å². The normalized spacial score (nSPS) is 19.1. The van der Waals surface area contributed by atoms with Gasteiger partial charge in [-0.3, -0.25) is 9.89 Å². The number of carbonyl (C=O) groups is 2. The van der Waals surface area contributed by atoms with Gasteiger partial charge in [-0.05, 0) is 31.7 Å². The Labute approximate surface area is 180 Å². The average Bonchev–Trinajstić information content (AvgIpc) is 3.38. The number of rotatable bonds is 9. The number of hydrogen-bond donors (Lipinski definition) is 3. The van der Waals surface area contributed by atoms with Crippen molar-refractivity contribution in [2.45, 2.75) is 50.6 Å². The number of nitrogens with one attached hydrogen (secondary N) is 2. The fourth-order valence-electron chi connectivity index (χ4n) is 4.14. The Kier molecular flexibility index (Phi) is 7.45. The molecule has 1 aliphatic carbocycles. The van der Waals surface area contributed by atoms with Crippen LogP contribution in [-0.4, -0.2) is 70.1 Å². The summed E-state index contributed by atoms with van der Waals surface area (Å²) in [5.74, 6) is 0.909. The Hall–Kier alpha value is -3.14. The molecule has 10 nitrogen and oxygen atoms in total. The third-order valence-corrected chi connectivity index (χ3v) is 5.58. The van der Waals surface area contributed by atoms with E-state index in [1.807, 2.05) is 13.0 Å². The van der Waals surface area contributed by atoms with E-state index in [-0.39, 0.29) is 30.3 Å². The SMILES string of the molecule is COC[C@H](C)N(C(=O)O)[C@@H]1CC[C@H](c2cc(NC(=O)Cc3ccc(OC)nc3)n[nH]2)C1. The van der Waals surface area contributed by atoms with E-state index in [9.17, 15) is 14.7 Å². The fourth-order valence-corrected chi connectivity index (χ4v) is 4.14. The van der Waals surface area contributed by atoms with Crippen LogP contribution in [-0.2, 0) is 16.0 Å². The largest absolute Gasteiger partial charge is 0.481 e. The lowest BCUT2D eigenvalue weighted by atomic mass is 10.0. The fraction of sp³-hybridized carbons (Fsp3) is 0.524. The molecular formula is C21H29N5O5. The molecule has 2 heterocycles. The Morgan fingerprint density at radius 1 is 1.35 bits per heavy atom.